The third-order valence-electron chi connectivity index (χ3n) is 10.0. The van der Waals surface area contributed by atoms with Gasteiger partial charge >= 0.3 is 34.7 Å². The molecule has 0 heterocycles. The van der Waals surface area contributed by atoms with Crippen LogP contribution in [0, 0.1) is 13.2 Å². The van der Waals surface area contributed by atoms with Crippen LogP contribution in [0.25, 0.3) is 0 Å². The first kappa shape index (κ1) is 52.6. The zero-order valence-corrected chi connectivity index (χ0v) is 43.8. The SMILES string of the molecule is [CH-]=CC(C)=O.[C]=C[P+](c1ccccc1)(c1ccccc1)c1ccccc1.[Cl][Os][Cl].c1ccc(P(c2ccccc2)c2ccccc2)cc1.c1ccc(P(c2ccccc2)c2ccccc2)cc1. The number of rotatable bonds is 11. The first-order chi connectivity index (χ1) is 33.0. The first-order valence-corrected chi connectivity index (χ1v) is 32.2. The topological polar surface area (TPSA) is 17.1 Å². The maximum absolute atomic E-state index is 9.63. The van der Waals surface area contributed by atoms with Crippen LogP contribution in [0.15, 0.2) is 285 Å². The molecule has 334 valence electrons. The van der Waals surface area contributed by atoms with Crippen LogP contribution < -0.4 is 47.7 Å². The molecule has 0 aliphatic carbocycles. The number of hydrogen-bond donors (Lipinski definition) is 0. The van der Waals surface area contributed by atoms with Gasteiger partial charge in [0.1, 0.15) is 23.2 Å². The van der Waals surface area contributed by atoms with Gasteiger partial charge in [0.25, 0.3) is 0 Å². The summed E-state index contributed by atoms with van der Waals surface area (Å²) >= 11 is -0.639. The molecule has 0 spiro atoms. The Kier molecular flexibility index (Phi) is 23.6. The fraction of sp³-hybridized carbons (Fsp3) is 0.0167. The molecule has 0 amide bonds. The van der Waals surface area contributed by atoms with E-state index >= 15 is 0 Å². The molecule has 0 aliphatic rings. The van der Waals surface area contributed by atoms with Crippen molar-refractivity contribution in [3.63, 3.8) is 0 Å². The second-order valence-electron chi connectivity index (χ2n) is 14.4. The van der Waals surface area contributed by atoms with Gasteiger partial charge < -0.3 is 4.79 Å². The Morgan fingerprint density at radius 2 is 0.552 bits per heavy atom. The summed E-state index contributed by atoms with van der Waals surface area (Å²) in [6, 6.07) is 95.9. The van der Waals surface area contributed by atoms with Crippen LogP contribution in [0.5, 0.6) is 0 Å². The summed E-state index contributed by atoms with van der Waals surface area (Å²) in [7, 11) is 6.92. The summed E-state index contributed by atoms with van der Waals surface area (Å²) < 4.78 is 0. The zero-order valence-electron chi connectivity index (χ0n) is 37.1. The van der Waals surface area contributed by atoms with E-state index < -0.39 is 38.5 Å². The van der Waals surface area contributed by atoms with Gasteiger partial charge in [-0.1, -0.05) is 244 Å². The van der Waals surface area contributed by atoms with Crippen molar-refractivity contribution in [1.29, 1.82) is 0 Å². The van der Waals surface area contributed by atoms with Gasteiger partial charge in [0.2, 0.25) is 0 Å². The van der Waals surface area contributed by atoms with E-state index in [0.29, 0.717) is 0 Å². The number of ketones is 1. The molecule has 0 saturated carbocycles. The summed E-state index contributed by atoms with van der Waals surface area (Å²) in [6.07, 6.45) is 1.03. The third-order valence-corrected chi connectivity index (χ3v) is 18.6. The van der Waals surface area contributed by atoms with Crippen LogP contribution in [-0.4, -0.2) is 5.78 Å². The molecular formula is C60H51Cl2OOsP3. The predicted molar refractivity (Wildman–Crippen MR) is 295 cm³/mol. The molecule has 0 aromatic heterocycles. The number of halogens is 2. The molecule has 2 radical (unpaired) electrons. The van der Waals surface area contributed by atoms with Crippen molar-refractivity contribution in [1.82, 2.24) is 0 Å². The second kappa shape index (κ2) is 30.1. The van der Waals surface area contributed by atoms with Crippen LogP contribution in [0.4, 0.5) is 0 Å². The van der Waals surface area contributed by atoms with Crippen LogP contribution in [0.2, 0.25) is 0 Å². The maximum Gasteiger partial charge on any atom is -0.0134 e. The largest absolute Gasteiger partial charge is 0.0622 e. The molecule has 0 saturated heterocycles. The van der Waals surface area contributed by atoms with Crippen molar-refractivity contribution in [2.75, 3.05) is 0 Å². The van der Waals surface area contributed by atoms with Crippen LogP contribution in [0.3, 0.4) is 0 Å². The minimum absolute atomic E-state index is 0.0926. The molecule has 0 aliphatic heterocycles. The average molecular weight is 1140 g/mol. The molecule has 7 heteroatoms. The monoisotopic (exact) mass is 1140 g/mol. The zero-order chi connectivity index (χ0) is 47.4. The Bertz CT molecular complexity index is 2320. The standard InChI is InChI=1S/C20H16P.2C18H15P.C4H5O.2ClH.Os/c1-2-21(18-12-6-3-7-13-18,19-14-8-4-9-15-19)20-16-10-5-11-17-20;2*1-4-10-16(11-5-1)19(17-12-6-2-7-13-17)18-14-8-3-9-15-18;1-3-4(2)5;;;/h2-17H;2*1-15H;1,3H,2H3;2*1H;/q+1;;;-1;;;+2/p-2. The van der Waals surface area contributed by atoms with E-state index in [-0.39, 0.29) is 5.78 Å². The number of carbonyl (C=O) groups excluding carboxylic acids is 1. The van der Waals surface area contributed by atoms with Crippen molar-refractivity contribution in [3.05, 3.63) is 298 Å². The Balaban J connectivity index is 0.000000174. The van der Waals surface area contributed by atoms with Gasteiger partial charge in [-0.3, -0.25) is 6.58 Å². The van der Waals surface area contributed by atoms with E-state index in [4.69, 9.17) is 32.4 Å². The van der Waals surface area contributed by atoms with Crippen molar-refractivity contribution in [2.24, 2.45) is 0 Å². The predicted octanol–water partition coefficient (Wildman–Crippen LogP) is 12.6. The van der Waals surface area contributed by atoms with Crippen LogP contribution in [0.1, 0.15) is 6.92 Å². The fourth-order valence-corrected chi connectivity index (χ4v) is 14.9. The molecule has 0 fully saturated rings. The molecule has 0 N–H and O–H groups in total. The molecule has 67 heavy (non-hydrogen) atoms. The van der Waals surface area contributed by atoms with Crippen molar-refractivity contribution in [2.45, 2.75) is 6.92 Å². The van der Waals surface area contributed by atoms with Crippen molar-refractivity contribution >= 4 is 95.9 Å². The van der Waals surface area contributed by atoms with Crippen LogP contribution >= 0.6 is 42.4 Å². The Morgan fingerprint density at radius 3 is 0.687 bits per heavy atom. The number of carbonyl (C=O) groups is 1. The first-order valence-electron chi connectivity index (χ1n) is 21.3. The summed E-state index contributed by atoms with van der Waals surface area (Å²) in [6.45, 7) is 14.3. The second-order valence-corrected chi connectivity index (χ2v) is 25.7. The van der Waals surface area contributed by atoms with E-state index in [1.807, 2.05) is 18.2 Å². The Morgan fingerprint density at radius 1 is 0.403 bits per heavy atom. The molecule has 9 aromatic rings. The molecule has 0 atom stereocenters. The van der Waals surface area contributed by atoms with Gasteiger partial charge in [0, 0.05) is 6.58 Å². The van der Waals surface area contributed by atoms with Gasteiger partial charge in [0.15, 0.2) is 0 Å². The molecule has 9 rings (SSSR count). The summed E-state index contributed by atoms with van der Waals surface area (Å²) in [5, 5.41) is 12.0. The number of hydrogen-bond acceptors (Lipinski definition) is 1. The summed E-state index contributed by atoms with van der Waals surface area (Å²) in [5.74, 6) is 1.57. The van der Waals surface area contributed by atoms with Gasteiger partial charge in [0.05, 0.1) is 5.82 Å². The van der Waals surface area contributed by atoms with E-state index in [9.17, 15) is 4.79 Å². The van der Waals surface area contributed by atoms with E-state index in [0.717, 1.165) is 6.08 Å². The quantitative estimate of drug-likeness (QED) is 0.0717. The Hall–Kier alpha value is -5.36. The van der Waals surface area contributed by atoms with Crippen molar-refractivity contribution in [3.8, 4) is 0 Å². The summed E-state index contributed by atoms with van der Waals surface area (Å²) in [4.78, 5) is 9.63. The van der Waals surface area contributed by atoms with Gasteiger partial charge in [-0.2, -0.15) is 0 Å². The van der Waals surface area contributed by atoms with Gasteiger partial charge in [-0.25, -0.2) is 6.08 Å². The fourth-order valence-electron chi connectivity index (χ4n) is 7.02. The van der Waals surface area contributed by atoms with Crippen molar-refractivity contribution < 1.29 is 20.2 Å². The van der Waals surface area contributed by atoms with Crippen LogP contribution in [-0.2, 0) is 20.2 Å². The minimum atomic E-state index is -1.99. The molecular weight excluding hydrogens is 1090 g/mol. The summed E-state index contributed by atoms with van der Waals surface area (Å²) in [5.41, 5.74) is 0. The molecule has 0 bridgehead atoms. The third kappa shape index (κ3) is 16.1. The minimum Gasteiger partial charge on any atom is -0.0622 e. The molecule has 1 nitrogen and oxygen atoms in total. The van der Waals surface area contributed by atoms with E-state index in [1.54, 1.807) is 5.82 Å². The Labute approximate surface area is 418 Å². The van der Waals surface area contributed by atoms with Gasteiger partial charge in [-0.15, -0.1) is 0 Å². The average Bonchev–Trinajstić information content (AvgIpc) is 3.41. The van der Waals surface area contributed by atoms with Gasteiger partial charge in [-0.05, 0) is 89.9 Å². The number of benzene rings is 9. The van der Waals surface area contributed by atoms with E-state index in [1.165, 1.54) is 54.7 Å². The maximum atomic E-state index is 9.63. The van der Waals surface area contributed by atoms with E-state index in [2.05, 4.69) is 255 Å². The normalized spacial score (nSPS) is 10.3. The smallest absolute Gasteiger partial charge is 0.0134 e. The molecule has 9 aromatic carbocycles. The number of allylic oxidation sites excluding steroid dienone is 1. The molecule has 0 unspecified atom stereocenters.